The van der Waals surface area contributed by atoms with Crippen molar-refractivity contribution in [2.45, 2.75) is 44.9 Å². The first-order valence-corrected chi connectivity index (χ1v) is 12.9. The van der Waals surface area contributed by atoms with Crippen LogP contribution in [-0.2, 0) is 24.9 Å². The van der Waals surface area contributed by atoms with Gasteiger partial charge in [-0.15, -0.1) is 23.6 Å². The van der Waals surface area contributed by atoms with Crippen molar-refractivity contribution in [3.63, 3.8) is 0 Å². The number of allylic oxidation sites excluding steroid dienone is 2. The largest absolute Gasteiger partial charge is 0.512 e. The summed E-state index contributed by atoms with van der Waals surface area (Å²) in [7, 11) is 0. The zero-order valence-corrected chi connectivity index (χ0v) is 23.8. The molecule has 2 aromatic heterocycles. The fourth-order valence-electron chi connectivity index (χ4n) is 6.17. The number of para-hydroxylation sites is 3. The van der Waals surface area contributed by atoms with E-state index in [2.05, 4.69) is 89.5 Å². The average molecular weight is 678 g/mol. The number of nitrogens with zero attached hydrogens (tertiary/aromatic N) is 2. The summed E-state index contributed by atoms with van der Waals surface area (Å²) >= 11 is 0. The maximum Gasteiger partial charge on any atom is 0.155 e. The second-order valence-corrected chi connectivity index (χ2v) is 10.1. The zero-order valence-electron chi connectivity index (χ0n) is 21.4. The van der Waals surface area contributed by atoms with Crippen molar-refractivity contribution in [2.75, 3.05) is 0 Å². The Kier molecular flexibility index (Phi) is 7.34. The van der Waals surface area contributed by atoms with E-state index in [4.69, 9.17) is 10.1 Å². The van der Waals surface area contributed by atoms with Gasteiger partial charge in [0.05, 0.1) is 11.3 Å². The van der Waals surface area contributed by atoms with Crippen LogP contribution < -0.4 is 0 Å². The fraction of sp³-hybridized carbons (Fsp3) is 0.212. The molecule has 1 saturated carbocycles. The van der Waals surface area contributed by atoms with Crippen LogP contribution in [0.1, 0.15) is 56.1 Å². The smallest absolute Gasteiger partial charge is 0.155 e. The Labute approximate surface area is 236 Å². The van der Waals surface area contributed by atoms with Gasteiger partial charge >= 0.3 is 0 Å². The van der Waals surface area contributed by atoms with Crippen molar-refractivity contribution < 1.29 is 30.0 Å². The number of aliphatic hydroxyl groups is 1. The van der Waals surface area contributed by atoms with Gasteiger partial charge < -0.3 is 9.67 Å². The van der Waals surface area contributed by atoms with Crippen molar-refractivity contribution in [2.24, 2.45) is 0 Å². The van der Waals surface area contributed by atoms with Gasteiger partial charge in [0.2, 0.25) is 0 Å². The van der Waals surface area contributed by atoms with Crippen molar-refractivity contribution in [3.8, 4) is 17.1 Å². The summed E-state index contributed by atoms with van der Waals surface area (Å²) < 4.78 is 2.35. The van der Waals surface area contributed by atoms with Crippen LogP contribution in [0.3, 0.4) is 0 Å². The summed E-state index contributed by atoms with van der Waals surface area (Å²) in [6.45, 7) is 2.85. The van der Waals surface area contributed by atoms with Gasteiger partial charge in [-0.05, 0) is 79.9 Å². The average Bonchev–Trinajstić information content (AvgIpc) is 3.62. The number of aliphatic hydroxyl groups excluding tert-OH is 1. The monoisotopic (exact) mass is 678 g/mol. The van der Waals surface area contributed by atoms with Crippen LogP contribution in [0.5, 0.6) is 0 Å². The Morgan fingerprint density at radius 1 is 0.921 bits per heavy atom. The molecule has 2 aliphatic carbocycles. The summed E-state index contributed by atoms with van der Waals surface area (Å²) in [5, 5.41) is 10.9. The standard InChI is InChI=1S/C28H21N2.C5H8O2.Ir/c1-2-9-21(10-3-1)30-24-13-7-4-8-18(24)17-25(30)28-27-20-15-14-19(16-20)26(27)22-11-5-6-12-23(22)29-28;1-4(6)3-5(2)7;/h1-13,19-20H,14-16H2;3,6H,1-2H3;/q-1;;. The molecule has 2 heterocycles. The summed E-state index contributed by atoms with van der Waals surface area (Å²) in [5.41, 5.74) is 8.73. The Morgan fingerprint density at radius 2 is 1.58 bits per heavy atom. The van der Waals surface area contributed by atoms with Crippen LogP contribution in [-0.4, -0.2) is 20.4 Å². The molecule has 4 nitrogen and oxygen atoms in total. The molecule has 0 saturated heterocycles. The molecule has 2 aliphatic rings. The van der Waals surface area contributed by atoms with Gasteiger partial charge in [-0.3, -0.25) is 9.78 Å². The molecule has 2 unspecified atom stereocenters. The third-order valence-electron chi connectivity index (χ3n) is 7.49. The van der Waals surface area contributed by atoms with Crippen molar-refractivity contribution in [1.29, 1.82) is 0 Å². The number of rotatable bonds is 3. The Morgan fingerprint density at radius 3 is 2.29 bits per heavy atom. The van der Waals surface area contributed by atoms with Gasteiger partial charge in [0.15, 0.2) is 5.78 Å². The normalized spacial score (nSPS) is 17.6. The van der Waals surface area contributed by atoms with Gasteiger partial charge in [-0.25, -0.2) is 0 Å². The molecule has 1 radical (unpaired) electrons. The maximum absolute atomic E-state index is 10.0. The first kappa shape index (κ1) is 26.1. The molecule has 2 bridgehead atoms. The fourth-order valence-corrected chi connectivity index (χ4v) is 6.17. The Bertz CT molecular complexity index is 1670. The molecule has 7 rings (SSSR count). The summed E-state index contributed by atoms with van der Waals surface area (Å²) in [6, 6.07) is 31.6. The van der Waals surface area contributed by atoms with Crippen LogP contribution in [0.15, 0.2) is 90.7 Å². The number of benzene rings is 3. The van der Waals surface area contributed by atoms with Crippen molar-refractivity contribution in [3.05, 3.63) is 108 Å². The molecule has 2 atom stereocenters. The quantitative estimate of drug-likeness (QED) is 0.120. The third-order valence-corrected chi connectivity index (χ3v) is 7.49. The topological polar surface area (TPSA) is 55.1 Å². The van der Waals surface area contributed by atoms with Crippen molar-refractivity contribution >= 4 is 27.6 Å². The molecule has 193 valence electrons. The van der Waals surface area contributed by atoms with E-state index in [1.54, 1.807) is 5.56 Å². The first-order chi connectivity index (χ1) is 18.0. The van der Waals surface area contributed by atoms with Gasteiger partial charge in [-0.2, -0.15) is 0 Å². The minimum Gasteiger partial charge on any atom is -0.512 e. The van der Waals surface area contributed by atoms with E-state index < -0.39 is 0 Å². The Hall–Kier alpha value is -3.53. The molecule has 1 N–H and O–H groups in total. The molecule has 0 spiro atoms. The van der Waals surface area contributed by atoms with E-state index in [1.165, 1.54) is 55.7 Å². The number of ketones is 1. The second kappa shape index (κ2) is 10.7. The number of aromatic nitrogens is 2. The molecule has 0 aliphatic heterocycles. The summed E-state index contributed by atoms with van der Waals surface area (Å²) in [5.74, 6) is 1.26. The minimum atomic E-state index is -0.125. The van der Waals surface area contributed by atoms with E-state index in [0.29, 0.717) is 11.8 Å². The van der Waals surface area contributed by atoms with E-state index in [-0.39, 0.29) is 31.6 Å². The molecule has 3 aromatic carbocycles. The van der Waals surface area contributed by atoms with Crippen LogP contribution in [0.25, 0.3) is 38.9 Å². The zero-order chi connectivity index (χ0) is 25.5. The van der Waals surface area contributed by atoms with Gasteiger partial charge in [-0.1, -0.05) is 54.1 Å². The summed E-state index contributed by atoms with van der Waals surface area (Å²) in [4.78, 5) is 15.3. The van der Waals surface area contributed by atoms with Crippen LogP contribution in [0.2, 0.25) is 0 Å². The van der Waals surface area contributed by atoms with Crippen LogP contribution >= 0.6 is 0 Å². The van der Waals surface area contributed by atoms with Gasteiger partial charge in [0.1, 0.15) is 0 Å². The Balaban J connectivity index is 0.000000329. The first-order valence-electron chi connectivity index (χ1n) is 12.9. The maximum atomic E-state index is 10.0. The van der Waals surface area contributed by atoms with Crippen molar-refractivity contribution in [1.82, 2.24) is 9.55 Å². The SMILES string of the molecule is CC(=O)C=C(C)O.[Ir].[c-]1c(-c2nc3ccccc3c3c2C2CCC3C2)n(-c2ccccc2)c2ccccc12. The molecular weight excluding hydrogens is 649 g/mol. The van der Waals surface area contributed by atoms with E-state index in [1.807, 2.05) is 0 Å². The number of carbonyl (C=O) groups excluding carboxylic acids is 1. The minimum absolute atomic E-state index is 0. The third kappa shape index (κ3) is 4.62. The predicted molar refractivity (Wildman–Crippen MR) is 149 cm³/mol. The number of pyridine rings is 1. The molecule has 38 heavy (non-hydrogen) atoms. The number of hydrogen-bond acceptors (Lipinski definition) is 3. The second-order valence-electron chi connectivity index (χ2n) is 10.1. The van der Waals surface area contributed by atoms with Gasteiger partial charge in [0.25, 0.3) is 0 Å². The van der Waals surface area contributed by atoms with E-state index in [9.17, 15) is 4.79 Å². The van der Waals surface area contributed by atoms with Gasteiger partial charge in [0, 0.05) is 42.9 Å². The molecular formula is C33H29IrN2O2-. The molecule has 5 heteroatoms. The molecule has 5 aromatic rings. The van der Waals surface area contributed by atoms with Crippen LogP contribution in [0.4, 0.5) is 0 Å². The number of fused-ring (bicyclic) bond motifs is 8. The van der Waals surface area contributed by atoms with E-state index in [0.717, 1.165) is 28.0 Å². The van der Waals surface area contributed by atoms with Crippen LogP contribution in [0, 0.1) is 6.07 Å². The molecule has 0 amide bonds. The van der Waals surface area contributed by atoms with E-state index >= 15 is 0 Å². The molecule has 1 fully saturated rings. The number of hydrogen-bond donors (Lipinski definition) is 1. The summed E-state index contributed by atoms with van der Waals surface area (Å²) in [6.07, 6.45) is 5.05. The number of carbonyl (C=O) groups is 1. The predicted octanol–water partition coefficient (Wildman–Crippen LogP) is 8.05.